The van der Waals surface area contributed by atoms with Gasteiger partial charge in [0.05, 0.1) is 0 Å². The molecule has 0 spiro atoms. The minimum atomic E-state index is -0.839. The number of aryl methyl sites for hydroxylation is 2. The van der Waals surface area contributed by atoms with Crippen LogP contribution in [0.25, 0.3) is 0 Å². The molecular weight excluding hydrogens is 280 g/mol. The van der Waals surface area contributed by atoms with Crippen LogP contribution in [0.5, 0.6) is 11.5 Å². The van der Waals surface area contributed by atoms with Crippen LogP contribution in [0.3, 0.4) is 0 Å². The van der Waals surface area contributed by atoms with E-state index in [2.05, 4.69) is 0 Å². The zero-order valence-electron chi connectivity index (χ0n) is 11.0. The Balaban J connectivity index is 2.44. The number of nitrogens with two attached hydrogens (primary N) is 1. The second-order valence-corrected chi connectivity index (χ2v) is 4.94. The number of hydrogen-bond donors (Lipinski definition) is 1. The third-order valence-electron chi connectivity index (χ3n) is 2.84. The summed E-state index contributed by atoms with van der Waals surface area (Å²) in [5.41, 5.74) is 7.20. The van der Waals surface area contributed by atoms with E-state index in [9.17, 15) is 8.78 Å². The van der Waals surface area contributed by atoms with Crippen molar-refractivity contribution < 1.29 is 13.5 Å². The lowest BCUT2D eigenvalue weighted by Crippen LogP contribution is -2.10. The SMILES string of the molecule is Cc1ccc(C)c(Oc2c(F)cc(C(N)=S)cc2F)c1. The van der Waals surface area contributed by atoms with Gasteiger partial charge >= 0.3 is 0 Å². The Bertz CT molecular complexity index is 663. The highest BCUT2D eigenvalue weighted by molar-refractivity contribution is 7.80. The topological polar surface area (TPSA) is 35.2 Å². The molecule has 2 aromatic carbocycles. The lowest BCUT2D eigenvalue weighted by molar-refractivity contribution is 0.405. The molecule has 0 aliphatic carbocycles. The minimum absolute atomic E-state index is 0.0684. The quantitative estimate of drug-likeness (QED) is 0.868. The van der Waals surface area contributed by atoms with Crippen molar-refractivity contribution in [2.75, 3.05) is 0 Å². The van der Waals surface area contributed by atoms with E-state index in [4.69, 9.17) is 22.7 Å². The van der Waals surface area contributed by atoms with Gasteiger partial charge in [-0.15, -0.1) is 0 Å². The van der Waals surface area contributed by atoms with Gasteiger partial charge in [0.15, 0.2) is 17.4 Å². The van der Waals surface area contributed by atoms with Gasteiger partial charge in [-0.2, -0.15) is 0 Å². The number of ether oxygens (including phenoxy) is 1. The highest BCUT2D eigenvalue weighted by atomic mass is 32.1. The Morgan fingerprint density at radius 1 is 1.10 bits per heavy atom. The van der Waals surface area contributed by atoms with E-state index in [1.54, 1.807) is 13.0 Å². The lowest BCUT2D eigenvalue weighted by Gasteiger charge is -2.12. The highest BCUT2D eigenvalue weighted by Gasteiger charge is 2.15. The summed E-state index contributed by atoms with van der Waals surface area (Å²) in [7, 11) is 0. The Labute approximate surface area is 121 Å². The first-order chi connectivity index (χ1) is 9.38. The minimum Gasteiger partial charge on any atom is -0.451 e. The van der Waals surface area contributed by atoms with Crippen molar-refractivity contribution >= 4 is 17.2 Å². The van der Waals surface area contributed by atoms with Gasteiger partial charge in [0, 0.05) is 5.56 Å². The van der Waals surface area contributed by atoms with Crippen LogP contribution < -0.4 is 10.5 Å². The van der Waals surface area contributed by atoms with Crippen molar-refractivity contribution in [3.8, 4) is 11.5 Å². The fourth-order valence-corrected chi connectivity index (χ4v) is 1.84. The molecule has 0 atom stereocenters. The first-order valence-electron chi connectivity index (χ1n) is 5.92. The molecule has 20 heavy (non-hydrogen) atoms. The first kappa shape index (κ1) is 14.4. The van der Waals surface area contributed by atoms with Crippen molar-refractivity contribution in [1.82, 2.24) is 0 Å². The molecule has 2 aromatic rings. The van der Waals surface area contributed by atoms with Crippen LogP contribution in [0.2, 0.25) is 0 Å². The van der Waals surface area contributed by atoms with Gasteiger partial charge in [-0.1, -0.05) is 24.4 Å². The van der Waals surface area contributed by atoms with Gasteiger partial charge in [0.1, 0.15) is 10.7 Å². The van der Waals surface area contributed by atoms with Crippen molar-refractivity contribution in [2.45, 2.75) is 13.8 Å². The summed E-state index contributed by atoms with van der Waals surface area (Å²) in [4.78, 5) is -0.0684. The zero-order chi connectivity index (χ0) is 14.9. The zero-order valence-corrected chi connectivity index (χ0v) is 11.9. The van der Waals surface area contributed by atoms with Crippen molar-refractivity contribution in [2.24, 2.45) is 5.73 Å². The fraction of sp³-hybridized carbons (Fsp3) is 0.133. The predicted molar refractivity (Wildman–Crippen MR) is 78.2 cm³/mol. The summed E-state index contributed by atoms with van der Waals surface area (Å²) >= 11 is 4.70. The normalized spacial score (nSPS) is 10.4. The van der Waals surface area contributed by atoms with Crippen molar-refractivity contribution in [3.63, 3.8) is 0 Å². The van der Waals surface area contributed by atoms with E-state index in [1.807, 2.05) is 19.1 Å². The second-order valence-electron chi connectivity index (χ2n) is 4.50. The molecule has 0 amide bonds. The predicted octanol–water partition coefficient (Wildman–Crippen LogP) is 4.01. The lowest BCUT2D eigenvalue weighted by atomic mass is 10.1. The van der Waals surface area contributed by atoms with Crippen LogP contribution in [-0.4, -0.2) is 4.99 Å². The smallest absolute Gasteiger partial charge is 0.198 e. The Hall–Kier alpha value is -2.01. The van der Waals surface area contributed by atoms with Gasteiger partial charge in [-0.05, 0) is 43.2 Å². The first-order valence-corrected chi connectivity index (χ1v) is 6.33. The maximum atomic E-state index is 13.9. The molecule has 0 aromatic heterocycles. The molecular formula is C15H13F2NOS. The van der Waals surface area contributed by atoms with Crippen molar-refractivity contribution in [1.29, 1.82) is 0 Å². The monoisotopic (exact) mass is 293 g/mol. The summed E-state index contributed by atoms with van der Waals surface area (Å²) in [5.74, 6) is -1.73. The fourth-order valence-electron chi connectivity index (χ4n) is 1.73. The Morgan fingerprint density at radius 2 is 1.70 bits per heavy atom. The maximum Gasteiger partial charge on any atom is 0.198 e. The van der Waals surface area contributed by atoms with E-state index in [0.29, 0.717) is 5.75 Å². The molecule has 0 heterocycles. The summed E-state index contributed by atoms with van der Waals surface area (Å²) in [6.45, 7) is 3.67. The molecule has 0 fully saturated rings. The number of hydrogen-bond acceptors (Lipinski definition) is 2. The number of thiocarbonyl (C=S) groups is 1. The van der Waals surface area contributed by atoms with Gasteiger partial charge in [-0.25, -0.2) is 8.78 Å². The summed E-state index contributed by atoms with van der Waals surface area (Å²) in [6, 6.07) is 7.56. The van der Waals surface area contributed by atoms with E-state index in [1.165, 1.54) is 0 Å². The number of benzene rings is 2. The molecule has 0 saturated carbocycles. The average Bonchev–Trinajstić information content (AvgIpc) is 2.37. The third-order valence-corrected chi connectivity index (χ3v) is 3.07. The molecule has 0 aliphatic rings. The van der Waals surface area contributed by atoms with E-state index in [-0.39, 0.29) is 10.6 Å². The molecule has 2 rings (SSSR count). The van der Waals surface area contributed by atoms with Crippen LogP contribution in [-0.2, 0) is 0 Å². The van der Waals surface area contributed by atoms with Gasteiger partial charge in [0.2, 0.25) is 0 Å². The second kappa shape index (κ2) is 5.54. The number of halogens is 2. The van der Waals surface area contributed by atoms with E-state index >= 15 is 0 Å². The van der Waals surface area contributed by atoms with Crippen LogP contribution in [0, 0.1) is 25.5 Å². The molecule has 2 nitrogen and oxygen atoms in total. The molecule has 104 valence electrons. The Kier molecular flexibility index (Phi) is 3.99. The maximum absolute atomic E-state index is 13.9. The number of rotatable bonds is 3. The van der Waals surface area contributed by atoms with E-state index < -0.39 is 17.4 Å². The molecule has 0 unspecified atom stereocenters. The summed E-state index contributed by atoms with van der Waals surface area (Å²) in [6.07, 6.45) is 0. The molecule has 0 bridgehead atoms. The highest BCUT2D eigenvalue weighted by Crippen LogP contribution is 2.31. The molecule has 0 saturated heterocycles. The molecule has 2 N–H and O–H groups in total. The standard InChI is InChI=1S/C15H13F2NOS/c1-8-3-4-9(2)13(5-8)19-14-11(16)6-10(15(18)20)7-12(14)17/h3-7H,1-2H3,(H2,18,20). The molecule has 0 aliphatic heterocycles. The van der Waals surface area contributed by atoms with Crippen LogP contribution in [0.15, 0.2) is 30.3 Å². The van der Waals surface area contributed by atoms with Crippen molar-refractivity contribution in [3.05, 3.63) is 58.7 Å². The summed E-state index contributed by atoms with van der Waals surface area (Å²) in [5, 5.41) is 0. The average molecular weight is 293 g/mol. The summed E-state index contributed by atoms with van der Waals surface area (Å²) < 4.78 is 33.2. The van der Waals surface area contributed by atoms with E-state index in [0.717, 1.165) is 23.3 Å². The molecule has 0 radical (unpaired) electrons. The largest absolute Gasteiger partial charge is 0.451 e. The molecule has 5 heteroatoms. The van der Waals surface area contributed by atoms with Crippen LogP contribution in [0.4, 0.5) is 8.78 Å². The van der Waals surface area contributed by atoms with Gasteiger partial charge < -0.3 is 10.5 Å². The third kappa shape index (κ3) is 2.93. The van der Waals surface area contributed by atoms with Gasteiger partial charge in [0.25, 0.3) is 0 Å². The van der Waals surface area contributed by atoms with Crippen LogP contribution in [0.1, 0.15) is 16.7 Å². The van der Waals surface area contributed by atoms with Gasteiger partial charge in [-0.3, -0.25) is 0 Å². The Morgan fingerprint density at radius 3 is 2.25 bits per heavy atom. The van der Waals surface area contributed by atoms with Crippen LogP contribution >= 0.6 is 12.2 Å².